The van der Waals surface area contributed by atoms with Gasteiger partial charge in [-0.05, 0) is 78.6 Å². The Hall–Kier alpha value is -3.53. The third-order valence-corrected chi connectivity index (χ3v) is 5.50. The van der Waals surface area contributed by atoms with Crippen LogP contribution in [-0.4, -0.2) is 52.2 Å². The molecule has 2 N–H and O–H groups in total. The van der Waals surface area contributed by atoms with Crippen LogP contribution >= 0.6 is 0 Å². The van der Waals surface area contributed by atoms with E-state index in [-0.39, 0.29) is 29.4 Å². The first-order valence-corrected chi connectivity index (χ1v) is 12.3. The Balaban J connectivity index is 1.89. The van der Waals surface area contributed by atoms with Crippen molar-refractivity contribution in [2.75, 3.05) is 18.0 Å². The number of hydrogen-bond donors (Lipinski definition) is 2. The van der Waals surface area contributed by atoms with Crippen molar-refractivity contribution < 1.29 is 19.1 Å². The second kappa shape index (κ2) is 10.5. The lowest BCUT2D eigenvalue weighted by atomic mass is 10.1. The molecule has 37 heavy (non-hydrogen) atoms. The summed E-state index contributed by atoms with van der Waals surface area (Å²) in [6.45, 7) is 19.0. The number of anilines is 2. The van der Waals surface area contributed by atoms with Crippen molar-refractivity contribution in [3.8, 4) is 0 Å². The van der Waals surface area contributed by atoms with Crippen LogP contribution in [0, 0.1) is 13.8 Å². The summed E-state index contributed by atoms with van der Waals surface area (Å²) >= 11 is 0. The average molecular weight is 512 g/mol. The molecule has 1 aliphatic heterocycles. The summed E-state index contributed by atoms with van der Waals surface area (Å²) in [7, 11) is 0. The molecule has 0 unspecified atom stereocenters. The van der Waals surface area contributed by atoms with E-state index in [4.69, 9.17) is 9.47 Å². The van der Waals surface area contributed by atoms with Gasteiger partial charge in [0.2, 0.25) is 0 Å². The van der Waals surface area contributed by atoms with E-state index in [0.29, 0.717) is 18.1 Å². The predicted molar refractivity (Wildman–Crippen MR) is 142 cm³/mol. The number of aromatic nitrogens is 2. The lowest BCUT2D eigenvalue weighted by Gasteiger charge is -2.30. The summed E-state index contributed by atoms with van der Waals surface area (Å²) in [5.74, 6) is -0.675. The number of fused-ring (bicyclic) bond motifs is 2. The first kappa shape index (κ1) is 28.0. The number of nitrogens with zero attached hydrogens (tertiary/aromatic N) is 3. The Morgan fingerprint density at radius 3 is 2.32 bits per heavy atom. The van der Waals surface area contributed by atoms with Gasteiger partial charge in [-0.25, -0.2) is 9.98 Å². The fourth-order valence-electron chi connectivity index (χ4n) is 3.85. The zero-order chi connectivity index (χ0) is 27.7. The van der Waals surface area contributed by atoms with E-state index in [0.717, 1.165) is 16.8 Å². The van der Waals surface area contributed by atoms with Gasteiger partial charge >= 0.3 is 11.9 Å². The Morgan fingerprint density at radius 1 is 1.08 bits per heavy atom. The van der Waals surface area contributed by atoms with Crippen LogP contribution in [0.5, 0.6) is 0 Å². The van der Waals surface area contributed by atoms with Gasteiger partial charge in [-0.15, -0.1) is 0 Å². The molecule has 3 rings (SSSR count). The summed E-state index contributed by atoms with van der Waals surface area (Å²) in [5, 5.41) is 3.34. The number of H-pyrrole nitrogens is 1. The molecule has 0 aliphatic carbocycles. The highest BCUT2D eigenvalue weighted by Crippen LogP contribution is 2.36. The van der Waals surface area contributed by atoms with Crippen molar-refractivity contribution in [2.24, 2.45) is 4.99 Å². The zero-order valence-electron chi connectivity index (χ0n) is 22.9. The fourth-order valence-corrected chi connectivity index (χ4v) is 3.85. The van der Waals surface area contributed by atoms with E-state index < -0.39 is 29.2 Å². The number of hydrogen-bond acceptors (Lipinski definition) is 9. The van der Waals surface area contributed by atoms with E-state index in [2.05, 4.69) is 26.9 Å². The molecule has 10 nitrogen and oxygen atoms in total. The number of aromatic amines is 1. The van der Waals surface area contributed by atoms with Crippen LogP contribution < -0.4 is 26.6 Å². The van der Waals surface area contributed by atoms with Gasteiger partial charge in [0.1, 0.15) is 22.7 Å². The maximum Gasteiger partial charge on any atom is 0.324 e. The molecule has 2 heterocycles. The van der Waals surface area contributed by atoms with Crippen molar-refractivity contribution in [1.82, 2.24) is 15.3 Å². The molecule has 2 aromatic rings. The number of esters is 2. The van der Waals surface area contributed by atoms with E-state index in [1.165, 1.54) is 0 Å². The Labute approximate surface area is 216 Å². The molecule has 0 radical (unpaired) electrons. The number of aryl methyl sites for hydroxylation is 2. The maximum absolute atomic E-state index is 12.9. The molecule has 0 saturated carbocycles. The van der Waals surface area contributed by atoms with Crippen LogP contribution in [0.15, 0.2) is 21.9 Å². The molecule has 0 spiro atoms. The quantitative estimate of drug-likeness (QED) is 0.542. The van der Waals surface area contributed by atoms with Crippen LogP contribution in [0.1, 0.15) is 59.1 Å². The Kier molecular flexibility index (Phi) is 7.92. The molecule has 0 bridgehead atoms. The van der Waals surface area contributed by atoms with Crippen molar-refractivity contribution in [2.45, 2.75) is 79.1 Å². The summed E-state index contributed by atoms with van der Waals surface area (Å²) in [5.41, 5.74) is 1.99. The van der Waals surface area contributed by atoms with Gasteiger partial charge < -0.3 is 24.7 Å². The van der Waals surface area contributed by atoms with E-state index in [9.17, 15) is 14.4 Å². The minimum atomic E-state index is -0.919. The monoisotopic (exact) mass is 511 g/mol. The third-order valence-electron chi connectivity index (χ3n) is 5.50. The number of carbonyl (C=O) groups excluding carboxylic acids is 2. The highest BCUT2D eigenvalue weighted by molar-refractivity contribution is 5.83. The lowest BCUT2D eigenvalue weighted by molar-refractivity contribution is -0.164. The molecular formula is C27H37N5O5. The number of rotatable bonds is 7. The molecular weight excluding hydrogens is 474 g/mol. The van der Waals surface area contributed by atoms with Gasteiger partial charge in [0.25, 0.3) is 5.56 Å². The van der Waals surface area contributed by atoms with Gasteiger partial charge in [0.05, 0.1) is 17.8 Å². The Morgan fingerprint density at radius 2 is 1.70 bits per heavy atom. The normalized spacial score (nSPS) is 13.8. The summed E-state index contributed by atoms with van der Waals surface area (Å²) in [6, 6.07) is 3.00. The zero-order valence-corrected chi connectivity index (χ0v) is 22.9. The summed E-state index contributed by atoms with van der Waals surface area (Å²) in [6.07, 6.45) is -0.187. The second-order valence-corrected chi connectivity index (χ2v) is 11.2. The van der Waals surface area contributed by atoms with E-state index in [1.54, 1.807) is 41.5 Å². The molecule has 0 amide bonds. The maximum atomic E-state index is 12.9. The summed E-state index contributed by atoms with van der Waals surface area (Å²) < 4.78 is 11.0. The average Bonchev–Trinajstić information content (AvgIpc) is 2.72. The highest BCUT2D eigenvalue weighted by Gasteiger charge is 2.30. The van der Waals surface area contributed by atoms with Crippen molar-refractivity contribution in [1.29, 1.82) is 0 Å². The molecule has 0 saturated heterocycles. The first-order valence-electron chi connectivity index (χ1n) is 12.3. The number of carbonyl (C=O) groups is 2. The highest BCUT2D eigenvalue weighted by atomic mass is 16.6. The van der Waals surface area contributed by atoms with Crippen LogP contribution in [-0.2, 0) is 19.1 Å². The van der Waals surface area contributed by atoms with Gasteiger partial charge in [-0.3, -0.25) is 14.4 Å². The lowest BCUT2D eigenvalue weighted by Crippen LogP contribution is -2.47. The van der Waals surface area contributed by atoms with E-state index >= 15 is 0 Å². The minimum absolute atomic E-state index is 0.187. The van der Waals surface area contributed by atoms with Crippen LogP contribution in [0.4, 0.5) is 17.2 Å². The molecule has 200 valence electrons. The van der Waals surface area contributed by atoms with Crippen LogP contribution in [0.2, 0.25) is 0 Å². The number of benzene rings is 1. The predicted octanol–water partition coefficient (Wildman–Crippen LogP) is 2.23. The SMILES string of the molecule is C=c1nc2c(c(=O)[nH]1)=Nc1cc(C)c(C)cc1N2CCN[C@@H](CC(=O)OC(C)(C)C)C(=O)OC(C)(C)C. The molecule has 1 atom stereocenters. The van der Waals surface area contributed by atoms with Crippen molar-refractivity contribution in [3.63, 3.8) is 0 Å². The molecule has 1 aliphatic rings. The van der Waals surface area contributed by atoms with Gasteiger partial charge in [-0.1, -0.05) is 6.58 Å². The first-order chi connectivity index (χ1) is 17.0. The fraction of sp³-hybridized carbons (Fsp3) is 0.519. The van der Waals surface area contributed by atoms with Crippen LogP contribution in [0.25, 0.3) is 6.58 Å². The van der Waals surface area contributed by atoms with Gasteiger partial charge in [-0.2, -0.15) is 0 Å². The van der Waals surface area contributed by atoms with Crippen molar-refractivity contribution in [3.05, 3.63) is 44.5 Å². The second-order valence-electron chi connectivity index (χ2n) is 11.2. The molecule has 1 aromatic carbocycles. The smallest absolute Gasteiger partial charge is 0.324 e. The Bertz CT molecular complexity index is 1370. The standard InChI is InChI=1S/C27H37N5O5/c1-15-12-18-20(13-16(15)2)32(23-22(31-18)24(34)30-17(3)29-23)11-10-28-19(25(35)37-27(7,8)9)14-21(33)36-26(4,5)6/h12-13,19,28H,3,10-11,14H2,1-2,4-9H3,(H,30,34)/t19-/m0/s1. The largest absolute Gasteiger partial charge is 0.460 e. The van der Waals surface area contributed by atoms with Gasteiger partial charge in [0.15, 0.2) is 11.2 Å². The van der Waals surface area contributed by atoms with Crippen molar-refractivity contribution >= 4 is 35.7 Å². The van der Waals surface area contributed by atoms with Gasteiger partial charge in [0, 0.05) is 13.1 Å². The topological polar surface area (TPSA) is 126 Å². The summed E-state index contributed by atoms with van der Waals surface area (Å²) in [4.78, 5) is 51.6. The number of nitrogens with one attached hydrogen (secondary N) is 2. The van der Waals surface area contributed by atoms with E-state index in [1.807, 2.05) is 30.9 Å². The third kappa shape index (κ3) is 7.25. The van der Waals surface area contributed by atoms with Crippen LogP contribution in [0.3, 0.4) is 0 Å². The molecule has 1 aromatic heterocycles. The minimum Gasteiger partial charge on any atom is -0.460 e. The number of ether oxygens (including phenoxy) is 2. The molecule has 0 fully saturated rings. The molecule has 10 heteroatoms.